The molecule has 1 fully saturated rings. The van der Waals surface area contributed by atoms with Crippen LogP contribution in [0.2, 0.25) is 0 Å². The summed E-state index contributed by atoms with van der Waals surface area (Å²) < 4.78 is 0. The van der Waals surface area contributed by atoms with Crippen molar-refractivity contribution in [3.63, 3.8) is 0 Å². The summed E-state index contributed by atoms with van der Waals surface area (Å²) in [6, 6.07) is 0. The fourth-order valence-corrected chi connectivity index (χ4v) is 2.26. The minimum Gasteiger partial charge on any atom is -0.393 e. The lowest BCUT2D eigenvalue weighted by Gasteiger charge is -2.17. The van der Waals surface area contributed by atoms with E-state index in [1.807, 2.05) is 0 Å². The second kappa shape index (κ2) is 5.64. The molecule has 0 aliphatic heterocycles. The van der Waals surface area contributed by atoms with Crippen LogP contribution in [0.4, 0.5) is 0 Å². The maximum Gasteiger partial charge on any atom is 0.0542 e. The van der Waals surface area contributed by atoms with Gasteiger partial charge in [-0.15, -0.1) is 0 Å². The first-order valence-electron chi connectivity index (χ1n) is 5.86. The van der Waals surface area contributed by atoms with Gasteiger partial charge in [-0.25, -0.2) is 0 Å². The number of hydrogen-bond donors (Lipinski definition) is 1. The van der Waals surface area contributed by atoms with Crippen LogP contribution >= 0.6 is 0 Å². The quantitative estimate of drug-likeness (QED) is 0.667. The summed E-state index contributed by atoms with van der Waals surface area (Å²) in [5.41, 5.74) is 0. The number of aliphatic hydroxyl groups excluding tert-OH is 1. The zero-order valence-corrected chi connectivity index (χ0v) is 9.13. The van der Waals surface area contributed by atoms with E-state index in [-0.39, 0.29) is 6.10 Å². The zero-order chi connectivity index (χ0) is 9.68. The Labute approximate surface area is 82.5 Å². The topological polar surface area (TPSA) is 20.2 Å². The highest BCUT2D eigenvalue weighted by Gasteiger charge is 2.18. The molecule has 1 aliphatic rings. The van der Waals surface area contributed by atoms with Crippen LogP contribution in [0.1, 0.15) is 58.8 Å². The van der Waals surface area contributed by atoms with Crippen molar-refractivity contribution in [1.82, 2.24) is 0 Å². The SMILES string of the molecule is CC(C)CCC1CCCCC(O)C1. The third-order valence-electron chi connectivity index (χ3n) is 3.16. The van der Waals surface area contributed by atoms with Gasteiger partial charge in [0, 0.05) is 0 Å². The van der Waals surface area contributed by atoms with Crippen LogP contribution in [0, 0.1) is 11.8 Å². The third-order valence-corrected chi connectivity index (χ3v) is 3.16. The second-order valence-corrected chi connectivity index (χ2v) is 5.01. The molecule has 0 aromatic rings. The molecule has 1 heteroatoms. The Morgan fingerprint density at radius 3 is 2.62 bits per heavy atom. The number of hydrogen-bond acceptors (Lipinski definition) is 1. The predicted octanol–water partition coefficient (Wildman–Crippen LogP) is 3.36. The van der Waals surface area contributed by atoms with E-state index in [0.29, 0.717) is 0 Å². The van der Waals surface area contributed by atoms with Crippen LogP contribution in [0.5, 0.6) is 0 Å². The van der Waals surface area contributed by atoms with Crippen molar-refractivity contribution in [3.05, 3.63) is 0 Å². The first-order chi connectivity index (χ1) is 6.18. The Morgan fingerprint density at radius 2 is 1.92 bits per heavy atom. The maximum absolute atomic E-state index is 9.62. The Bertz CT molecular complexity index is 131. The van der Waals surface area contributed by atoms with Gasteiger partial charge in [-0.05, 0) is 24.7 Å². The van der Waals surface area contributed by atoms with E-state index in [4.69, 9.17) is 0 Å². The highest BCUT2D eigenvalue weighted by Crippen LogP contribution is 2.27. The summed E-state index contributed by atoms with van der Waals surface area (Å²) in [6.45, 7) is 4.57. The van der Waals surface area contributed by atoms with Crippen molar-refractivity contribution >= 4 is 0 Å². The van der Waals surface area contributed by atoms with Crippen LogP contribution in [0.15, 0.2) is 0 Å². The lowest BCUT2D eigenvalue weighted by molar-refractivity contribution is 0.138. The third kappa shape index (κ3) is 4.66. The molecule has 2 unspecified atom stereocenters. The first kappa shape index (κ1) is 11.0. The molecule has 1 nitrogen and oxygen atoms in total. The van der Waals surface area contributed by atoms with Crippen molar-refractivity contribution in [2.75, 3.05) is 0 Å². The number of rotatable bonds is 3. The van der Waals surface area contributed by atoms with E-state index >= 15 is 0 Å². The van der Waals surface area contributed by atoms with Crippen molar-refractivity contribution in [2.24, 2.45) is 11.8 Å². The van der Waals surface area contributed by atoms with E-state index < -0.39 is 0 Å². The first-order valence-corrected chi connectivity index (χ1v) is 5.86. The smallest absolute Gasteiger partial charge is 0.0542 e. The molecule has 13 heavy (non-hydrogen) atoms. The van der Waals surface area contributed by atoms with Crippen molar-refractivity contribution < 1.29 is 5.11 Å². The summed E-state index contributed by atoms with van der Waals surface area (Å²) in [7, 11) is 0. The lowest BCUT2D eigenvalue weighted by atomic mass is 9.91. The van der Waals surface area contributed by atoms with E-state index in [1.54, 1.807) is 0 Å². The maximum atomic E-state index is 9.62. The molecule has 1 N–H and O–H groups in total. The Morgan fingerprint density at radius 1 is 1.23 bits per heavy atom. The lowest BCUT2D eigenvalue weighted by Crippen LogP contribution is -2.11. The van der Waals surface area contributed by atoms with Gasteiger partial charge in [0.05, 0.1) is 6.10 Å². The molecule has 1 saturated carbocycles. The van der Waals surface area contributed by atoms with Crippen LogP contribution in [-0.2, 0) is 0 Å². The van der Waals surface area contributed by atoms with Gasteiger partial charge in [-0.3, -0.25) is 0 Å². The van der Waals surface area contributed by atoms with Gasteiger partial charge in [0.1, 0.15) is 0 Å². The van der Waals surface area contributed by atoms with Crippen LogP contribution in [0.25, 0.3) is 0 Å². The molecular weight excluding hydrogens is 160 g/mol. The van der Waals surface area contributed by atoms with Crippen LogP contribution < -0.4 is 0 Å². The largest absolute Gasteiger partial charge is 0.393 e. The van der Waals surface area contributed by atoms with E-state index in [0.717, 1.165) is 24.7 Å². The summed E-state index contributed by atoms with van der Waals surface area (Å²) in [4.78, 5) is 0. The fourth-order valence-electron chi connectivity index (χ4n) is 2.26. The van der Waals surface area contributed by atoms with E-state index in [1.165, 1.54) is 32.1 Å². The van der Waals surface area contributed by atoms with Gasteiger partial charge in [-0.2, -0.15) is 0 Å². The standard InChI is InChI=1S/C12H24O/c1-10(2)7-8-11-5-3-4-6-12(13)9-11/h10-13H,3-9H2,1-2H3. The molecule has 0 spiro atoms. The highest BCUT2D eigenvalue weighted by molar-refractivity contribution is 4.70. The Balaban J connectivity index is 2.22. The van der Waals surface area contributed by atoms with Crippen molar-refractivity contribution in [3.8, 4) is 0 Å². The minimum absolute atomic E-state index is 0.000313. The average Bonchev–Trinajstić information content (AvgIpc) is 2.26. The molecule has 0 amide bonds. The van der Waals surface area contributed by atoms with Gasteiger partial charge in [0.2, 0.25) is 0 Å². The van der Waals surface area contributed by atoms with Crippen molar-refractivity contribution in [1.29, 1.82) is 0 Å². The van der Waals surface area contributed by atoms with Gasteiger partial charge in [0.15, 0.2) is 0 Å². The summed E-state index contributed by atoms with van der Waals surface area (Å²) >= 11 is 0. The molecule has 0 aromatic heterocycles. The molecule has 0 saturated heterocycles. The van der Waals surface area contributed by atoms with Crippen LogP contribution in [0.3, 0.4) is 0 Å². The predicted molar refractivity (Wildman–Crippen MR) is 56.7 cm³/mol. The molecule has 1 aliphatic carbocycles. The van der Waals surface area contributed by atoms with Gasteiger partial charge in [0.25, 0.3) is 0 Å². The van der Waals surface area contributed by atoms with Gasteiger partial charge in [-0.1, -0.05) is 46.0 Å². The molecule has 0 aromatic carbocycles. The molecular formula is C12H24O. The van der Waals surface area contributed by atoms with Gasteiger partial charge < -0.3 is 5.11 Å². The van der Waals surface area contributed by atoms with Gasteiger partial charge >= 0.3 is 0 Å². The normalized spacial score (nSPS) is 30.5. The van der Waals surface area contributed by atoms with E-state index in [9.17, 15) is 5.11 Å². The molecule has 0 heterocycles. The second-order valence-electron chi connectivity index (χ2n) is 5.01. The van der Waals surface area contributed by atoms with E-state index in [2.05, 4.69) is 13.8 Å². The molecule has 0 bridgehead atoms. The molecule has 1 rings (SSSR count). The summed E-state index contributed by atoms with van der Waals surface area (Å²) in [6.07, 6.45) is 8.68. The number of aliphatic hydroxyl groups is 1. The van der Waals surface area contributed by atoms with Crippen LogP contribution in [-0.4, -0.2) is 11.2 Å². The fraction of sp³-hybridized carbons (Fsp3) is 1.00. The monoisotopic (exact) mass is 184 g/mol. The average molecular weight is 184 g/mol. The molecule has 0 radical (unpaired) electrons. The summed E-state index contributed by atoms with van der Waals surface area (Å²) in [5.74, 6) is 1.63. The molecule has 2 atom stereocenters. The minimum atomic E-state index is -0.000313. The Kier molecular flexibility index (Phi) is 4.79. The van der Waals surface area contributed by atoms with Crippen molar-refractivity contribution in [2.45, 2.75) is 64.9 Å². The highest BCUT2D eigenvalue weighted by atomic mass is 16.3. The summed E-state index contributed by atoms with van der Waals surface area (Å²) in [5, 5.41) is 9.62. The molecule has 78 valence electrons. The Hall–Kier alpha value is -0.0400. The zero-order valence-electron chi connectivity index (χ0n) is 9.13.